The van der Waals surface area contributed by atoms with Crippen molar-refractivity contribution in [3.05, 3.63) is 51.7 Å². The molecule has 29 heavy (non-hydrogen) atoms. The number of hydrogen-bond donors (Lipinski definition) is 1. The Morgan fingerprint density at radius 2 is 2.14 bits per heavy atom. The van der Waals surface area contributed by atoms with Crippen LogP contribution in [-0.4, -0.2) is 49.2 Å². The molecule has 160 valence electrons. The van der Waals surface area contributed by atoms with Crippen molar-refractivity contribution in [1.29, 1.82) is 0 Å². The highest BCUT2D eigenvalue weighted by Gasteiger charge is 2.35. The lowest BCUT2D eigenvalue weighted by Crippen LogP contribution is -2.42. The minimum absolute atomic E-state index is 0. The van der Waals surface area contributed by atoms with Crippen molar-refractivity contribution in [2.24, 2.45) is 4.99 Å². The van der Waals surface area contributed by atoms with Crippen LogP contribution in [0.25, 0.3) is 0 Å². The van der Waals surface area contributed by atoms with Gasteiger partial charge in [0, 0.05) is 37.6 Å². The van der Waals surface area contributed by atoms with Crippen LogP contribution in [0.3, 0.4) is 0 Å². The Bertz CT molecular complexity index is 807. The van der Waals surface area contributed by atoms with Crippen LogP contribution in [0, 0.1) is 12.7 Å². The molecule has 1 N–H and O–H groups in total. The molecule has 2 aromatic rings. The predicted molar refractivity (Wildman–Crippen MR) is 128 cm³/mol. The number of ether oxygens (including phenoxy) is 1. The van der Waals surface area contributed by atoms with E-state index in [1.165, 1.54) is 6.07 Å². The largest absolute Gasteiger partial charge is 0.381 e. The lowest BCUT2D eigenvalue weighted by atomic mass is 9.74. The topological polar surface area (TPSA) is 49.8 Å². The van der Waals surface area contributed by atoms with Crippen molar-refractivity contribution in [3.8, 4) is 0 Å². The molecule has 0 saturated carbocycles. The number of thiazole rings is 1. The zero-order valence-corrected chi connectivity index (χ0v) is 20.4. The van der Waals surface area contributed by atoms with Crippen LogP contribution in [0.15, 0.2) is 34.6 Å². The number of rotatable bonds is 6. The van der Waals surface area contributed by atoms with Crippen LogP contribution in [0.1, 0.15) is 36.0 Å². The van der Waals surface area contributed by atoms with Gasteiger partial charge in [-0.1, -0.05) is 12.1 Å². The van der Waals surface area contributed by atoms with Crippen molar-refractivity contribution in [1.82, 2.24) is 15.2 Å². The lowest BCUT2D eigenvalue weighted by Gasteiger charge is -2.37. The number of aliphatic imine (C=N–C) groups is 1. The second-order valence-corrected chi connectivity index (χ2v) is 8.35. The Kier molecular flexibility index (Phi) is 9.29. The number of guanidine groups is 1. The Balaban J connectivity index is 0.00000300. The number of benzene rings is 1. The average Bonchev–Trinajstić information content (AvgIpc) is 3.10. The van der Waals surface area contributed by atoms with Crippen molar-refractivity contribution < 1.29 is 9.13 Å². The molecule has 0 spiro atoms. The van der Waals surface area contributed by atoms with Crippen LogP contribution >= 0.6 is 35.3 Å². The first-order valence-corrected chi connectivity index (χ1v) is 10.6. The number of aromatic nitrogens is 1. The van der Waals surface area contributed by atoms with Crippen LogP contribution in [0.4, 0.5) is 4.39 Å². The molecule has 0 radical (unpaired) electrons. The third-order valence-electron chi connectivity index (χ3n) is 5.18. The molecule has 0 bridgehead atoms. The standard InChI is InChI=1S/C21H29FN4OS.HI/c1-4-23-20(26(3)13-19-14-28-16(2)25-19)24-15-21(8-10-27-11-9-21)17-6-5-7-18(22)12-17;/h5-7,12,14H,4,8-11,13,15H2,1-3H3,(H,23,24);1H. The fourth-order valence-electron chi connectivity index (χ4n) is 3.61. The number of nitrogens with one attached hydrogen (secondary N) is 1. The molecule has 2 heterocycles. The summed E-state index contributed by atoms with van der Waals surface area (Å²) in [6.45, 7) is 7.52. The summed E-state index contributed by atoms with van der Waals surface area (Å²) in [5.41, 5.74) is 1.86. The van der Waals surface area contributed by atoms with E-state index >= 15 is 0 Å². The smallest absolute Gasteiger partial charge is 0.194 e. The van der Waals surface area contributed by atoms with Crippen LogP contribution < -0.4 is 5.32 Å². The molecule has 8 heteroatoms. The highest BCUT2D eigenvalue weighted by Crippen LogP contribution is 2.35. The van der Waals surface area contributed by atoms with Crippen molar-refractivity contribution in [2.75, 3.05) is 33.4 Å². The van der Waals surface area contributed by atoms with Crippen molar-refractivity contribution in [3.63, 3.8) is 0 Å². The second-order valence-electron chi connectivity index (χ2n) is 7.29. The molecule has 3 rings (SSSR count). The number of nitrogens with zero attached hydrogens (tertiary/aromatic N) is 3. The molecule has 1 aliphatic heterocycles. The Hall–Kier alpha value is -1.26. The predicted octanol–water partition coefficient (Wildman–Crippen LogP) is 4.35. The molecule has 1 aromatic heterocycles. The third-order valence-corrected chi connectivity index (χ3v) is 6.00. The maximum atomic E-state index is 13.9. The van der Waals surface area contributed by atoms with Gasteiger partial charge in [0.15, 0.2) is 5.96 Å². The SMILES string of the molecule is CCNC(=NCC1(c2cccc(F)c2)CCOCC1)N(C)Cc1csc(C)n1.I. The van der Waals surface area contributed by atoms with E-state index in [9.17, 15) is 4.39 Å². The molecule has 0 aliphatic carbocycles. The summed E-state index contributed by atoms with van der Waals surface area (Å²) in [7, 11) is 2.02. The summed E-state index contributed by atoms with van der Waals surface area (Å²) in [5.74, 6) is 0.644. The zero-order chi connectivity index (χ0) is 20.0. The van der Waals surface area contributed by atoms with E-state index < -0.39 is 0 Å². The van der Waals surface area contributed by atoms with Gasteiger partial charge in [-0.3, -0.25) is 4.99 Å². The van der Waals surface area contributed by atoms with E-state index in [-0.39, 0.29) is 35.2 Å². The first-order valence-electron chi connectivity index (χ1n) is 9.77. The van der Waals surface area contributed by atoms with E-state index in [0.29, 0.717) is 26.3 Å². The molecule has 5 nitrogen and oxygen atoms in total. The molecule has 1 saturated heterocycles. The maximum Gasteiger partial charge on any atom is 0.194 e. The summed E-state index contributed by atoms with van der Waals surface area (Å²) < 4.78 is 19.5. The molecule has 1 aliphatic rings. The normalized spacial score (nSPS) is 16.2. The molecule has 0 unspecified atom stereocenters. The Labute approximate surface area is 193 Å². The monoisotopic (exact) mass is 532 g/mol. The summed E-state index contributed by atoms with van der Waals surface area (Å²) in [5, 5.41) is 6.53. The Morgan fingerprint density at radius 1 is 1.38 bits per heavy atom. The first-order chi connectivity index (χ1) is 13.5. The highest BCUT2D eigenvalue weighted by molar-refractivity contribution is 14.0. The van der Waals surface area contributed by atoms with Crippen molar-refractivity contribution >= 4 is 41.3 Å². The number of aryl methyl sites for hydroxylation is 1. The molecule has 1 fully saturated rings. The number of halogens is 2. The lowest BCUT2D eigenvalue weighted by molar-refractivity contribution is 0.0529. The number of hydrogen-bond acceptors (Lipinski definition) is 4. The van der Waals surface area contributed by atoms with Gasteiger partial charge in [0.1, 0.15) is 5.82 Å². The van der Waals surface area contributed by atoms with E-state index in [4.69, 9.17) is 9.73 Å². The van der Waals surface area contributed by atoms with E-state index in [0.717, 1.165) is 41.6 Å². The highest BCUT2D eigenvalue weighted by atomic mass is 127. The molecular formula is C21H30FIN4OS. The van der Waals surface area contributed by atoms with Gasteiger partial charge in [-0.15, -0.1) is 35.3 Å². The summed E-state index contributed by atoms with van der Waals surface area (Å²) >= 11 is 1.66. The average molecular weight is 532 g/mol. The van der Waals surface area contributed by atoms with E-state index in [1.807, 2.05) is 20.0 Å². The first kappa shape index (κ1) is 24.0. The maximum absolute atomic E-state index is 13.9. The second kappa shape index (κ2) is 11.2. The summed E-state index contributed by atoms with van der Waals surface area (Å²) in [6.07, 6.45) is 1.68. The fraction of sp³-hybridized carbons (Fsp3) is 0.524. The fourth-order valence-corrected chi connectivity index (χ4v) is 4.22. The van der Waals surface area contributed by atoms with Crippen molar-refractivity contribution in [2.45, 2.75) is 38.6 Å². The third kappa shape index (κ3) is 6.36. The van der Waals surface area contributed by atoms with E-state index in [1.54, 1.807) is 23.5 Å². The quantitative estimate of drug-likeness (QED) is 0.342. The minimum atomic E-state index is -0.199. The van der Waals surface area contributed by atoms with Crippen LogP contribution in [-0.2, 0) is 16.7 Å². The Morgan fingerprint density at radius 3 is 2.76 bits per heavy atom. The van der Waals surface area contributed by atoms with Gasteiger partial charge in [0.2, 0.25) is 0 Å². The summed E-state index contributed by atoms with van der Waals surface area (Å²) in [6, 6.07) is 6.94. The van der Waals surface area contributed by atoms with E-state index in [2.05, 4.69) is 27.5 Å². The minimum Gasteiger partial charge on any atom is -0.381 e. The van der Waals surface area contributed by atoms with Crippen LogP contribution in [0.2, 0.25) is 0 Å². The van der Waals surface area contributed by atoms with Gasteiger partial charge in [-0.25, -0.2) is 9.37 Å². The molecule has 1 aromatic carbocycles. The van der Waals surface area contributed by atoms with Crippen LogP contribution in [0.5, 0.6) is 0 Å². The molecule has 0 amide bonds. The molecule has 0 atom stereocenters. The van der Waals surface area contributed by atoms with Gasteiger partial charge >= 0.3 is 0 Å². The van der Waals surface area contributed by atoms with Gasteiger partial charge in [0.05, 0.1) is 23.8 Å². The van der Waals surface area contributed by atoms with Gasteiger partial charge in [0.25, 0.3) is 0 Å². The molecular weight excluding hydrogens is 502 g/mol. The van der Waals surface area contributed by atoms with Gasteiger partial charge < -0.3 is 15.0 Å². The van der Waals surface area contributed by atoms with Gasteiger partial charge in [-0.05, 0) is 44.4 Å². The zero-order valence-electron chi connectivity index (χ0n) is 17.3. The van der Waals surface area contributed by atoms with Gasteiger partial charge in [-0.2, -0.15) is 0 Å². The summed E-state index contributed by atoms with van der Waals surface area (Å²) in [4.78, 5) is 11.6.